The van der Waals surface area contributed by atoms with Gasteiger partial charge in [-0.15, -0.1) is 0 Å². The van der Waals surface area contributed by atoms with Crippen LogP contribution in [0.15, 0.2) is 18.2 Å². The van der Waals surface area contributed by atoms with Gasteiger partial charge >= 0.3 is 5.97 Å². The predicted molar refractivity (Wildman–Crippen MR) is 72.2 cm³/mol. The zero-order chi connectivity index (χ0) is 15.6. The number of carbonyl (C=O) groups is 2. The first-order chi connectivity index (χ1) is 9.88. The second-order valence-corrected chi connectivity index (χ2v) is 4.72. The number of amides is 1. The number of benzene rings is 1. The number of nitro groups is 1. The number of nitro benzene ring substituents is 1. The molecule has 1 amide bonds. The van der Waals surface area contributed by atoms with Gasteiger partial charge in [0, 0.05) is 12.1 Å². The first kappa shape index (κ1) is 14.8. The lowest BCUT2D eigenvalue weighted by molar-refractivity contribution is -0.384. The van der Waals surface area contributed by atoms with Crippen molar-refractivity contribution in [2.45, 2.75) is 20.0 Å². The molecule has 1 heterocycles. The van der Waals surface area contributed by atoms with Gasteiger partial charge in [-0.3, -0.25) is 24.6 Å². The van der Waals surface area contributed by atoms with Crippen LogP contribution in [0.1, 0.15) is 13.8 Å². The lowest BCUT2D eigenvalue weighted by atomic mass is 10.2. The molecule has 1 aromatic rings. The number of hydrogen-bond donors (Lipinski definition) is 0. The summed E-state index contributed by atoms with van der Waals surface area (Å²) in [5.41, 5.74) is 0.00966. The van der Waals surface area contributed by atoms with Crippen LogP contribution in [0.4, 0.5) is 11.4 Å². The molecule has 0 aliphatic carbocycles. The van der Waals surface area contributed by atoms with E-state index in [1.807, 2.05) is 0 Å². The van der Waals surface area contributed by atoms with Gasteiger partial charge in [0.05, 0.1) is 16.7 Å². The molecule has 0 N–H and O–H groups in total. The normalized spacial score (nSPS) is 13.7. The number of anilines is 1. The maximum absolute atomic E-state index is 11.9. The Labute approximate surface area is 120 Å². The average molecular weight is 294 g/mol. The van der Waals surface area contributed by atoms with Gasteiger partial charge < -0.3 is 9.47 Å². The lowest BCUT2D eigenvalue weighted by Gasteiger charge is -2.28. The predicted octanol–water partition coefficient (Wildman–Crippen LogP) is 1.27. The van der Waals surface area contributed by atoms with Crippen LogP contribution in [0.2, 0.25) is 0 Å². The van der Waals surface area contributed by atoms with Crippen molar-refractivity contribution in [2.75, 3.05) is 18.1 Å². The maximum atomic E-state index is 11.9. The van der Waals surface area contributed by atoms with Crippen LogP contribution in [-0.4, -0.2) is 36.1 Å². The smallest absolute Gasteiger partial charge is 0.326 e. The van der Waals surface area contributed by atoms with Crippen LogP contribution in [0.25, 0.3) is 0 Å². The largest absolute Gasteiger partial charge is 0.482 e. The molecule has 112 valence electrons. The first-order valence-electron chi connectivity index (χ1n) is 6.29. The van der Waals surface area contributed by atoms with E-state index in [4.69, 9.17) is 9.47 Å². The highest BCUT2D eigenvalue weighted by Gasteiger charge is 2.29. The summed E-state index contributed by atoms with van der Waals surface area (Å²) in [7, 11) is 0. The van der Waals surface area contributed by atoms with Gasteiger partial charge in [-0.25, -0.2) is 0 Å². The van der Waals surface area contributed by atoms with E-state index in [9.17, 15) is 19.7 Å². The highest BCUT2D eigenvalue weighted by molar-refractivity contribution is 6.01. The number of fused-ring (bicyclic) bond motifs is 1. The van der Waals surface area contributed by atoms with Gasteiger partial charge in [0.15, 0.2) is 6.61 Å². The van der Waals surface area contributed by atoms with Crippen LogP contribution in [0.5, 0.6) is 5.75 Å². The number of esters is 1. The third-order valence-electron chi connectivity index (χ3n) is 2.75. The van der Waals surface area contributed by atoms with E-state index in [-0.39, 0.29) is 30.6 Å². The quantitative estimate of drug-likeness (QED) is 0.471. The van der Waals surface area contributed by atoms with Crippen LogP contribution in [-0.2, 0) is 14.3 Å². The molecule has 0 bridgehead atoms. The number of nitrogens with zero attached hydrogens (tertiary/aromatic N) is 2. The summed E-state index contributed by atoms with van der Waals surface area (Å²) in [6.45, 7) is 2.85. The van der Waals surface area contributed by atoms with E-state index >= 15 is 0 Å². The Morgan fingerprint density at radius 3 is 2.86 bits per heavy atom. The minimum atomic E-state index is -0.585. The van der Waals surface area contributed by atoms with Crippen molar-refractivity contribution in [3.8, 4) is 5.75 Å². The van der Waals surface area contributed by atoms with E-state index in [2.05, 4.69) is 0 Å². The van der Waals surface area contributed by atoms with Crippen LogP contribution in [0, 0.1) is 10.1 Å². The zero-order valence-electron chi connectivity index (χ0n) is 11.6. The standard InChI is InChI=1S/C13H14N2O6/c1-8(2)21-13(17)6-14-10-5-9(15(18)19)3-4-11(10)20-7-12(14)16/h3-5,8H,6-7H2,1-2H3. The molecule has 0 spiro atoms. The average Bonchev–Trinajstić information content (AvgIpc) is 2.40. The Kier molecular flexibility index (Phi) is 4.06. The number of rotatable bonds is 4. The molecule has 8 nitrogen and oxygen atoms in total. The highest BCUT2D eigenvalue weighted by atomic mass is 16.6. The van der Waals surface area contributed by atoms with Crippen molar-refractivity contribution < 1.29 is 24.0 Å². The molecule has 0 atom stereocenters. The van der Waals surface area contributed by atoms with Gasteiger partial charge in [0.1, 0.15) is 12.3 Å². The second-order valence-electron chi connectivity index (χ2n) is 4.72. The Balaban J connectivity index is 2.30. The molecule has 2 rings (SSSR count). The molecule has 0 saturated carbocycles. The van der Waals surface area contributed by atoms with Gasteiger partial charge in [-0.05, 0) is 19.9 Å². The molecule has 21 heavy (non-hydrogen) atoms. The molecule has 8 heteroatoms. The number of carbonyl (C=O) groups excluding carboxylic acids is 2. The molecule has 0 fully saturated rings. The summed E-state index contributed by atoms with van der Waals surface area (Å²) in [6.07, 6.45) is -0.307. The minimum Gasteiger partial charge on any atom is -0.482 e. The maximum Gasteiger partial charge on any atom is 0.326 e. The van der Waals surface area contributed by atoms with Crippen molar-refractivity contribution in [3.63, 3.8) is 0 Å². The zero-order valence-corrected chi connectivity index (χ0v) is 11.6. The molecule has 1 aliphatic heterocycles. The van der Waals surface area contributed by atoms with E-state index in [1.54, 1.807) is 13.8 Å². The van der Waals surface area contributed by atoms with Crippen molar-refractivity contribution in [2.24, 2.45) is 0 Å². The molecule has 0 radical (unpaired) electrons. The molecular formula is C13H14N2O6. The van der Waals surface area contributed by atoms with Gasteiger partial charge in [-0.1, -0.05) is 0 Å². The van der Waals surface area contributed by atoms with Gasteiger partial charge in [-0.2, -0.15) is 0 Å². The summed E-state index contributed by atoms with van der Waals surface area (Å²) >= 11 is 0. The SMILES string of the molecule is CC(C)OC(=O)CN1C(=O)COc2ccc([N+](=O)[O-])cc21. The second kappa shape index (κ2) is 5.78. The van der Waals surface area contributed by atoms with E-state index < -0.39 is 16.8 Å². The summed E-state index contributed by atoms with van der Waals surface area (Å²) in [4.78, 5) is 35.0. The minimum absolute atomic E-state index is 0.186. The van der Waals surface area contributed by atoms with Crippen LogP contribution in [0.3, 0.4) is 0 Å². The molecule has 1 aromatic carbocycles. The fourth-order valence-electron chi connectivity index (χ4n) is 1.91. The summed E-state index contributed by atoms with van der Waals surface area (Å²) in [5, 5.41) is 10.8. The van der Waals surface area contributed by atoms with E-state index in [0.29, 0.717) is 5.75 Å². The number of ether oxygens (including phenoxy) is 2. The topological polar surface area (TPSA) is 99.0 Å². The first-order valence-corrected chi connectivity index (χ1v) is 6.29. The van der Waals surface area contributed by atoms with E-state index in [1.165, 1.54) is 18.2 Å². The molecule has 1 aliphatic rings. The van der Waals surface area contributed by atoms with Gasteiger partial charge in [0.2, 0.25) is 0 Å². The monoisotopic (exact) mass is 294 g/mol. The Morgan fingerprint density at radius 2 is 2.24 bits per heavy atom. The Bertz CT molecular complexity index is 598. The fourth-order valence-corrected chi connectivity index (χ4v) is 1.91. The van der Waals surface area contributed by atoms with Crippen molar-refractivity contribution in [1.29, 1.82) is 0 Å². The van der Waals surface area contributed by atoms with Crippen molar-refractivity contribution in [1.82, 2.24) is 0 Å². The molecule has 0 aromatic heterocycles. The number of hydrogen-bond acceptors (Lipinski definition) is 6. The van der Waals surface area contributed by atoms with Crippen molar-refractivity contribution >= 4 is 23.3 Å². The number of non-ortho nitro benzene ring substituents is 1. The third kappa shape index (κ3) is 3.28. The Hall–Kier alpha value is -2.64. The highest BCUT2D eigenvalue weighted by Crippen LogP contribution is 2.35. The molecule has 0 unspecified atom stereocenters. The summed E-state index contributed by atoms with van der Waals surface area (Å²) < 4.78 is 10.2. The van der Waals surface area contributed by atoms with Crippen molar-refractivity contribution in [3.05, 3.63) is 28.3 Å². The molecular weight excluding hydrogens is 280 g/mol. The van der Waals surface area contributed by atoms with Crippen LogP contribution < -0.4 is 9.64 Å². The van der Waals surface area contributed by atoms with Gasteiger partial charge in [0.25, 0.3) is 11.6 Å². The summed E-state index contributed by atoms with van der Waals surface area (Å²) in [5.74, 6) is -0.723. The van der Waals surface area contributed by atoms with E-state index in [0.717, 1.165) is 4.90 Å². The Morgan fingerprint density at radius 1 is 1.52 bits per heavy atom. The fraction of sp³-hybridized carbons (Fsp3) is 0.385. The summed E-state index contributed by atoms with van der Waals surface area (Å²) in [6, 6.07) is 3.88. The lowest BCUT2D eigenvalue weighted by Crippen LogP contribution is -2.42. The van der Waals surface area contributed by atoms with Crippen LogP contribution >= 0.6 is 0 Å². The molecule has 0 saturated heterocycles. The third-order valence-corrected chi connectivity index (χ3v) is 2.75.